The fraction of sp³-hybridized carbons (Fsp3) is 0.278. The first-order valence-electron chi connectivity index (χ1n) is 7.57. The summed E-state index contributed by atoms with van der Waals surface area (Å²) in [6.07, 6.45) is 8.23. The van der Waals surface area contributed by atoms with Gasteiger partial charge in [-0.2, -0.15) is 5.10 Å². The molecule has 1 N–H and O–H groups in total. The van der Waals surface area contributed by atoms with Crippen LogP contribution >= 0.6 is 0 Å². The molecule has 1 aliphatic rings. The van der Waals surface area contributed by atoms with Crippen molar-refractivity contribution in [3.63, 3.8) is 0 Å². The maximum absolute atomic E-state index is 5.57. The monoisotopic (exact) mass is 295 g/mol. The van der Waals surface area contributed by atoms with Crippen molar-refractivity contribution in [1.82, 2.24) is 10.2 Å². The van der Waals surface area contributed by atoms with E-state index in [1.54, 1.807) is 0 Å². The first kappa shape index (κ1) is 14.4. The molecule has 2 aromatic rings. The van der Waals surface area contributed by atoms with Gasteiger partial charge in [0.05, 0.1) is 12.8 Å². The normalized spacial score (nSPS) is 14.6. The molecule has 114 valence electrons. The van der Waals surface area contributed by atoms with Crippen molar-refractivity contribution in [3.8, 4) is 5.75 Å². The Kier molecular flexibility index (Phi) is 4.00. The van der Waals surface area contributed by atoms with Crippen LogP contribution in [0.1, 0.15) is 25.0 Å². The molecule has 4 nitrogen and oxygen atoms in total. The Morgan fingerprint density at radius 2 is 2.18 bits per heavy atom. The largest absolute Gasteiger partial charge is 0.494 e. The SMILES string of the molecule is CCOc1ccc(N2C=C(c3cn[nH]c3)C(C)=CC2)c(C)c1. The molecule has 1 aromatic carbocycles. The molecule has 0 atom stereocenters. The molecule has 22 heavy (non-hydrogen) atoms. The smallest absolute Gasteiger partial charge is 0.119 e. The number of hydrogen-bond acceptors (Lipinski definition) is 3. The van der Waals surface area contributed by atoms with Crippen LogP contribution in [0.25, 0.3) is 5.57 Å². The Morgan fingerprint density at radius 1 is 1.32 bits per heavy atom. The van der Waals surface area contributed by atoms with Crippen molar-refractivity contribution in [2.24, 2.45) is 0 Å². The number of allylic oxidation sites excluding steroid dienone is 2. The van der Waals surface area contributed by atoms with E-state index >= 15 is 0 Å². The number of anilines is 1. The molecule has 4 heteroatoms. The summed E-state index contributed by atoms with van der Waals surface area (Å²) in [5.41, 5.74) is 6.01. The molecule has 0 fully saturated rings. The second-order valence-corrected chi connectivity index (χ2v) is 5.45. The zero-order chi connectivity index (χ0) is 15.5. The zero-order valence-corrected chi connectivity index (χ0v) is 13.3. The molecule has 0 saturated heterocycles. The number of H-pyrrole nitrogens is 1. The van der Waals surface area contributed by atoms with Crippen LogP contribution in [-0.4, -0.2) is 23.3 Å². The third kappa shape index (κ3) is 2.77. The summed E-state index contributed by atoms with van der Waals surface area (Å²) in [4.78, 5) is 2.26. The summed E-state index contributed by atoms with van der Waals surface area (Å²) in [5.74, 6) is 0.923. The van der Waals surface area contributed by atoms with Gasteiger partial charge in [0.15, 0.2) is 0 Å². The number of hydrogen-bond donors (Lipinski definition) is 1. The predicted molar refractivity (Wildman–Crippen MR) is 90.0 cm³/mol. The predicted octanol–water partition coefficient (Wildman–Crippen LogP) is 3.92. The maximum Gasteiger partial charge on any atom is 0.119 e. The number of rotatable bonds is 4. The van der Waals surface area contributed by atoms with Gasteiger partial charge in [-0.25, -0.2) is 0 Å². The summed E-state index contributed by atoms with van der Waals surface area (Å²) < 4.78 is 5.57. The van der Waals surface area contributed by atoms with E-state index in [4.69, 9.17) is 4.74 Å². The summed E-state index contributed by atoms with van der Waals surface area (Å²) >= 11 is 0. The number of benzene rings is 1. The van der Waals surface area contributed by atoms with Gasteiger partial charge in [-0.15, -0.1) is 0 Å². The van der Waals surface area contributed by atoms with E-state index in [0.717, 1.165) is 17.9 Å². The molecule has 1 aliphatic heterocycles. The van der Waals surface area contributed by atoms with Crippen molar-refractivity contribution in [1.29, 1.82) is 0 Å². The van der Waals surface area contributed by atoms with E-state index in [0.29, 0.717) is 6.61 Å². The molecule has 0 saturated carbocycles. The van der Waals surface area contributed by atoms with Crippen LogP contribution in [-0.2, 0) is 0 Å². The Labute approximate surface area is 131 Å². The van der Waals surface area contributed by atoms with Crippen LogP contribution in [0.2, 0.25) is 0 Å². The molecule has 0 spiro atoms. The highest BCUT2D eigenvalue weighted by atomic mass is 16.5. The van der Waals surface area contributed by atoms with Crippen LogP contribution in [0.5, 0.6) is 5.75 Å². The van der Waals surface area contributed by atoms with Gasteiger partial charge in [-0.3, -0.25) is 5.10 Å². The van der Waals surface area contributed by atoms with Gasteiger partial charge in [0.25, 0.3) is 0 Å². The lowest BCUT2D eigenvalue weighted by molar-refractivity contribution is 0.340. The molecule has 1 aromatic heterocycles. The zero-order valence-electron chi connectivity index (χ0n) is 13.3. The minimum atomic E-state index is 0.689. The van der Waals surface area contributed by atoms with Crippen molar-refractivity contribution in [2.75, 3.05) is 18.1 Å². The topological polar surface area (TPSA) is 41.1 Å². The summed E-state index contributed by atoms with van der Waals surface area (Å²) in [7, 11) is 0. The highest BCUT2D eigenvalue weighted by molar-refractivity contribution is 5.82. The molecular formula is C18H21N3O. The first-order valence-corrected chi connectivity index (χ1v) is 7.57. The molecule has 0 amide bonds. The highest BCUT2D eigenvalue weighted by Gasteiger charge is 2.15. The average Bonchev–Trinajstić information content (AvgIpc) is 3.03. The third-order valence-electron chi connectivity index (χ3n) is 3.90. The number of nitrogens with one attached hydrogen (secondary N) is 1. The van der Waals surface area contributed by atoms with Gasteiger partial charge in [-0.05, 0) is 50.1 Å². The maximum atomic E-state index is 5.57. The number of aromatic nitrogens is 2. The summed E-state index contributed by atoms with van der Waals surface area (Å²) in [6, 6.07) is 6.25. The Hall–Kier alpha value is -2.49. The average molecular weight is 295 g/mol. The Morgan fingerprint density at radius 3 is 2.86 bits per heavy atom. The second kappa shape index (κ2) is 6.10. The standard InChI is InChI=1S/C18H21N3O/c1-4-22-16-5-6-18(14(3)9-16)21-8-7-13(2)17(12-21)15-10-19-20-11-15/h5-7,9-12H,4,8H2,1-3H3,(H,19,20). The van der Waals surface area contributed by atoms with Crippen LogP contribution in [0.15, 0.2) is 48.4 Å². The molecule has 0 bridgehead atoms. The molecular weight excluding hydrogens is 274 g/mol. The third-order valence-corrected chi connectivity index (χ3v) is 3.90. The van der Waals surface area contributed by atoms with Crippen molar-refractivity contribution in [2.45, 2.75) is 20.8 Å². The fourth-order valence-electron chi connectivity index (χ4n) is 2.73. The van der Waals surface area contributed by atoms with Gasteiger partial charge in [-0.1, -0.05) is 6.08 Å². The lowest BCUT2D eigenvalue weighted by Crippen LogP contribution is -2.21. The van der Waals surface area contributed by atoms with E-state index in [-0.39, 0.29) is 0 Å². The summed E-state index contributed by atoms with van der Waals surface area (Å²) in [6.45, 7) is 7.83. The van der Waals surface area contributed by atoms with Crippen molar-refractivity contribution >= 4 is 11.3 Å². The molecule has 0 aliphatic carbocycles. The second-order valence-electron chi connectivity index (χ2n) is 5.45. The van der Waals surface area contributed by atoms with Crippen LogP contribution in [0.4, 0.5) is 5.69 Å². The van der Waals surface area contributed by atoms with Crippen molar-refractivity contribution in [3.05, 3.63) is 59.6 Å². The molecule has 0 unspecified atom stereocenters. The van der Waals surface area contributed by atoms with Crippen LogP contribution in [0.3, 0.4) is 0 Å². The Bertz CT molecular complexity index is 714. The van der Waals surface area contributed by atoms with Crippen molar-refractivity contribution < 1.29 is 4.74 Å². The minimum Gasteiger partial charge on any atom is -0.494 e. The molecule has 2 heterocycles. The fourth-order valence-corrected chi connectivity index (χ4v) is 2.73. The van der Waals surface area contributed by atoms with Gasteiger partial charge < -0.3 is 9.64 Å². The van der Waals surface area contributed by atoms with Crippen LogP contribution < -0.4 is 9.64 Å². The van der Waals surface area contributed by atoms with E-state index in [2.05, 4.69) is 53.4 Å². The first-order chi connectivity index (χ1) is 10.7. The number of ether oxygens (including phenoxy) is 1. The number of nitrogens with zero attached hydrogens (tertiary/aromatic N) is 2. The van der Waals surface area contributed by atoms with Crippen LogP contribution in [0, 0.1) is 6.92 Å². The summed E-state index contributed by atoms with van der Waals surface area (Å²) in [5, 5.41) is 6.93. The van der Waals surface area contributed by atoms with Gasteiger partial charge >= 0.3 is 0 Å². The quantitative estimate of drug-likeness (QED) is 0.929. The van der Waals surface area contributed by atoms with E-state index in [1.807, 2.05) is 25.4 Å². The van der Waals surface area contributed by atoms with Gasteiger partial charge in [0.2, 0.25) is 0 Å². The number of aromatic amines is 1. The van der Waals surface area contributed by atoms with E-state index in [9.17, 15) is 0 Å². The van der Waals surface area contributed by atoms with Gasteiger partial charge in [0.1, 0.15) is 5.75 Å². The highest BCUT2D eigenvalue weighted by Crippen LogP contribution is 2.31. The molecule has 0 radical (unpaired) electrons. The number of aryl methyl sites for hydroxylation is 1. The van der Waals surface area contributed by atoms with Gasteiger partial charge in [0, 0.05) is 35.8 Å². The van der Waals surface area contributed by atoms with E-state index in [1.165, 1.54) is 22.4 Å². The lowest BCUT2D eigenvalue weighted by atomic mass is 9.99. The van der Waals surface area contributed by atoms with E-state index < -0.39 is 0 Å². The lowest BCUT2D eigenvalue weighted by Gasteiger charge is -2.27. The molecule has 3 rings (SSSR count). The Balaban J connectivity index is 1.93. The minimum absolute atomic E-state index is 0.689.